The lowest BCUT2D eigenvalue weighted by atomic mass is 9.88. The number of hydrogen-bond acceptors (Lipinski definition) is 3. The van der Waals surface area contributed by atoms with Crippen LogP contribution in [-0.4, -0.2) is 27.6 Å². The van der Waals surface area contributed by atoms with Gasteiger partial charge in [-0.1, -0.05) is 0 Å². The molecule has 0 amide bonds. The van der Waals surface area contributed by atoms with Crippen LogP contribution in [0.4, 0.5) is 0 Å². The molecule has 2 unspecified atom stereocenters. The first kappa shape index (κ1) is 9.68. The van der Waals surface area contributed by atoms with E-state index in [1.54, 1.807) is 4.68 Å². The maximum atomic E-state index is 10.4. The highest BCUT2D eigenvalue weighted by molar-refractivity contribution is 5.26. The average molecular weight is 196 g/mol. The third-order valence-electron chi connectivity index (χ3n) is 3.00. The second kappa shape index (κ2) is 3.07. The van der Waals surface area contributed by atoms with Crippen molar-refractivity contribution >= 4 is 0 Å². The Labute approximate surface area is 83.5 Å². The molecule has 1 aromatic heterocycles. The van der Waals surface area contributed by atoms with E-state index in [-0.39, 0.29) is 6.10 Å². The third-order valence-corrected chi connectivity index (χ3v) is 3.00. The Morgan fingerprint density at radius 2 is 2.43 bits per heavy atom. The second-order valence-corrected chi connectivity index (χ2v) is 3.99. The van der Waals surface area contributed by atoms with E-state index in [0.717, 1.165) is 11.3 Å². The number of ether oxygens (including phenoxy) is 1. The summed E-state index contributed by atoms with van der Waals surface area (Å²) in [5.41, 5.74) is 0.926. The largest absolute Gasteiger partial charge is 0.382 e. The predicted molar refractivity (Wildman–Crippen MR) is 51.9 cm³/mol. The van der Waals surface area contributed by atoms with Crippen LogP contribution in [0.3, 0.4) is 0 Å². The molecule has 78 valence electrons. The number of nitrogens with zero attached hydrogens (tertiary/aromatic N) is 2. The van der Waals surface area contributed by atoms with Gasteiger partial charge in [0.2, 0.25) is 0 Å². The Morgan fingerprint density at radius 1 is 1.71 bits per heavy atom. The molecule has 0 aliphatic carbocycles. The summed E-state index contributed by atoms with van der Waals surface area (Å²) in [5.74, 6) is 0. The van der Waals surface area contributed by atoms with Gasteiger partial charge >= 0.3 is 0 Å². The summed E-state index contributed by atoms with van der Waals surface area (Å²) >= 11 is 0. The van der Waals surface area contributed by atoms with E-state index in [9.17, 15) is 5.11 Å². The van der Waals surface area contributed by atoms with E-state index < -0.39 is 5.60 Å². The zero-order valence-electron chi connectivity index (χ0n) is 8.82. The molecule has 1 N–H and O–H groups in total. The average Bonchev–Trinajstić information content (AvgIpc) is 2.59. The molecule has 2 atom stereocenters. The fourth-order valence-corrected chi connectivity index (χ4v) is 2.11. The molecule has 1 aromatic rings. The summed E-state index contributed by atoms with van der Waals surface area (Å²) in [4.78, 5) is 0. The van der Waals surface area contributed by atoms with Crippen molar-refractivity contribution in [3.05, 3.63) is 17.5 Å². The number of aliphatic hydroxyl groups is 1. The first-order valence-electron chi connectivity index (χ1n) is 4.89. The molecule has 1 saturated heterocycles. The molecule has 1 aliphatic heterocycles. The van der Waals surface area contributed by atoms with E-state index in [1.807, 2.05) is 27.1 Å². The van der Waals surface area contributed by atoms with Crippen LogP contribution in [0.15, 0.2) is 6.20 Å². The van der Waals surface area contributed by atoms with E-state index in [0.29, 0.717) is 13.0 Å². The fraction of sp³-hybridized carbons (Fsp3) is 0.700. The molecule has 0 spiro atoms. The van der Waals surface area contributed by atoms with Gasteiger partial charge in [-0.05, 0) is 13.8 Å². The molecule has 4 nitrogen and oxygen atoms in total. The summed E-state index contributed by atoms with van der Waals surface area (Å²) in [6, 6.07) is 0. The van der Waals surface area contributed by atoms with Crippen molar-refractivity contribution in [1.82, 2.24) is 9.78 Å². The van der Waals surface area contributed by atoms with Crippen molar-refractivity contribution < 1.29 is 9.84 Å². The summed E-state index contributed by atoms with van der Waals surface area (Å²) in [6.45, 7) is 4.43. The van der Waals surface area contributed by atoms with Crippen LogP contribution in [0.25, 0.3) is 0 Å². The highest BCUT2D eigenvalue weighted by Crippen LogP contribution is 2.36. The third kappa shape index (κ3) is 1.26. The minimum atomic E-state index is -0.849. The first-order chi connectivity index (χ1) is 6.54. The Bertz CT molecular complexity index is 348. The molecule has 2 rings (SSSR count). The summed E-state index contributed by atoms with van der Waals surface area (Å²) in [5, 5.41) is 14.7. The monoisotopic (exact) mass is 196 g/mol. The van der Waals surface area contributed by atoms with Crippen molar-refractivity contribution in [1.29, 1.82) is 0 Å². The molecule has 14 heavy (non-hydrogen) atoms. The Balaban J connectivity index is 2.42. The van der Waals surface area contributed by atoms with Gasteiger partial charge in [0.25, 0.3) is 0 Å². The highest BCUT2D eigenvalue weighted by Gasteiger charge is 2.43. The molecule has 0 bridgehead atoms. The summed E-state index contributed by atoms with van der Waals surface area (Å²) < 4.78 is 7.13. The van der Waals surface area contributed by atoms with E-state index in [1.165, 1.54) is 0 Å². The van der Waals surface area contributed by atoms with Gasteiger partial charge in [0, 0.05) is 25.2 Å². The van der Waals surface area contributed by atoms with Gasteiger partial charge in [-0.25, -0.2) is 0 Å². The summed E-state index contributed by atoms with van der Waals surface area (Å²) in [6.07, 6.45) is 2.38. The normalized spacial score (nSPS) is 32.4. The van der Waals surface area contributed by atoms with Crippen molar-refractivity contribution in [2.24, 2.45) is 7.05 Å². The Hall–Kier alpha value is -0.870. The smallest absolute Gasteiger partial charge is 0.121 e. The lowest BCUT2D eigenvalue weighted by Gasteiger charge is -2.25. The highest BCUT2D eigenvalue weighted by atomic mass is 16.5. The lowest BCUT2D eigenvalue weighted by molar-refractivity contribution is -0.0321. The van der Waals surface area contributed by atoms with E-state index >= 15 is 0 Å². The lowest BCUT2D eigenvalue weighted by Crippen LogP contribution is -2.33. The molecular weight excluding hydrogens is 180 g/mol. The van der Waals surface area contributed by atoms with Gasteiger partial charge in [-0.15, -0.1) is 0 Å². The molecule has 1 aliphatic rings. The van der Waals surface area contributed by atoms with Crippen LogP contribution in [0.1, 0.15) is 24.6 Å². The van der Waals surface area contributed by atoms with E-state index in [2.05, 4.69) is 5.10 Å². The molecule has 0 radical (unpaired) electrons. The van der Waals surface area contributed by atoms with Crippen LogP contribution >= 0.6 is 0 Å². The number of hydrogen-bond donors (Lipinski definition) is 1. The molecule has 2 heterocycles. The number of aromatic nitrogens is 2. The molecular formula is C10H16N2O2. The van der Waals surface area contributed by atoms with Gasteiger partial charge in [-0.3, -0.25) is 4.68 Å². The van der Waals surface area contributed by atoms with Crippen LogP contribution < -0.4 is 0 Å². The summed E-state index contributed by atoms with van der Waals surface area (Å²) in [7, 11) is 1.86. The van der Waals surface area contributed by atoms with Gasteiger partial charge in [-0.2, -0.15) is 5.10 Å². The minimum Gasteiger partial charge on any atom is -0.382 e. The number of rotatable bonds is 1. The SMILES string of the molecule is Cc1nn(C)cc1C1(O)CCOC1C. The van der Waals surface area contributed by atoms with E-state index in [4.69, 9.17) is 4.74 Å². The number of aryl methyl sites for hydroxylation is 2. The zero-order chi connectivity index (χ0) is 10.3. The first-order valence-corrected chi connectivity index (χ1v) is 4.89. The molecule has 0 aromatic carbocycles. The molecule has 1 fully saturated rings. The maximum Gasteiger partial charge on any atom is 0.121 e. The van der Waals surface area contributed by atoms with Crippen molar-refractivity contribution in [2.45, 2.75) is 32.0 Å². The van der Waals surface area contributed by atoms with Crippen LogP contribution in [0.5, 0.6) is 0 Å². The predicted octanol–water partition coefficient (Wildman–Crippen LogP) is 0.725. The quantitative estimate of drug-likeness (QED) is 0.720. The second-order valence-electron chi connectivity index (χ2n) is 3.99. The Morgan fingerprint density at radius 3 is 2.86 bits per heavy atom. The zero-order valence-corrected chi connectivity index (χ0v) is 8.82. The van der Waals surface area contributed by atoms with Gasteiger partial charge in [0.15, 0.2) is 0 Å². The standard InChI is InChI=1S/C10H16N2O2/c1-7-9(6-12(3)11-7)10(13)4-5-14-8(10)2/h6,8,13H,4-5H2,1-3H3. The molecule has 0 saturated carbocycles. The topological polar surface area (TPSA) is 47.3 Å². The molecule has 4 heteroatoms. The maximum absolute atomic E-state index is 10.4. The van der Waals surface area contributed by atoms with Crippen LogP contribution in [-0.2, 0) is 17.4 Å². The van der Waals surface area contributed by atoms with Crippen molar-refractivity contribution in [2.75, 3.05) is 6.61 Å². The van der Waals surface area contributed by atoms with Gasteiger partial charge in [0.05, 0.1) is 18.4 Å². The van der Waals surface area contributed by atoms with Gasteiger partial charge < -0.3 is 9.84 Å². The van der Waals surface area contributed by atoms with Crippen LogP contribution in [0.2, 0.25) is 0 Å². The Kier molecular flexibility index (Phi) is 2.12. The van der Waals surface area contributed by atoms with Crippen LogP contribution in [0, 0.1) is 6.92 Å². The minimum absolute atomic E-state index is 0.148. The fourth-order valence-electron chi connectivity index (χ4n) is 2.11. The van der Waals surface area contributed by atoms with Crippen molar-refractivity contribution in [3.8, 4) is 0 Å². The van der Waals surface area contributed by atoms with Gasteiger partial charge in [0.1, 0.15) is 5.60 Å². The van der Waals surface area contributed by atoms with Crippen molar-refractivity contribution in [3.63, 3.8) is 0 Å².